The monoisotopic (exact) mass is 312 g/mol. The van der Waals surface area contributed by atoms with Crippen LogP contribution in [-0.4, -0.2) is 26.8 Å². The quantitative estimate of drug-likeness (QED) is 0.789. The number of nitrogen functional groups attached to an aromatic ring is 1. The molecule has 2 unspecified atom stereocenters. The largest absolute Gasteiger partial charge is 0.492 e. The third kappa shape index (κ3) is 5.21. The summed E-state index contributed by atoms with van der Waals surface area (Å²) in [5.74, 6) is 0.963. The Bertz CT molecular complexity index is 560. The fourth-order valence-corrected chi connectivity index (χ4v) is 3.89. The first-order valence-corrected chi connectivity index (χ1v) is 9.10. The molecule has 118 valence electrons. The van der Waals surface area contributed by atoms with Crippen molar-refractivity contribution in [2.24, 2.45) is 5.92 Å². The topological polar surface area (TPSA) is 81.4 Å². The molecule has 0 spiro atoms. The van der Waals surface area contributed by atoms with Gasteiger partial charge in [-0.3, -0.25) is 0 Å². The molecule has 1 fully saturated rings. The summed E-state index contributed by atoms with van der Waals surface area (Å²) in [7, 11) is -3.30. The van der Waals surface area contributed by atoms with Crippen molar-refractivity contribution in [1.82, 2.24) is 4.72 Å². The fraction of sp³-hybridized carbons (Fsp3) is 0.600. The summed E-state index contributed by atoms with van der Waals surface area (Å²) in [6.07, 6.45) is 4.30. The lowest BCUT2D eigenvalue weighted by Gasteiger charge is -2.29. The fourth-order valence-electron chi connectivity index (χ4n) is 2.65. The summed E-state index contributed by atoms with van der Waals surface area (Å²) in [5.41, 5.74) is 6.25. The Labute approximate surface area is 126 Å². The van der Waals surface area contributed by atoms with E-state index in [4.69, 9.17) is 10.5 Å². The molecule has 0 aliphatic heterocycles. The van der Waals surface area contributed by atoms with E-state index in [0.717, 1.165) is 19.3 Å². The van der Waals surface area contributed by atoms with E-state index in [0.29, 0.717) is 17.4 Å². The summed E-state index contributed by atoms with van der Waals surface area (Å²) in [5, 5.41) is 0. The molecular formula is C15H24N2O3S. The molecule has 1 saturated carbocycles. The van der Waals surface area contributed by atoms with Crippen LogP contribution in [0.2, 0.25) is 0 Å². The molecule has 1 aliphatic carbocycles. The molecule has 2 atom stereocenters. The van der Waals surface area contributed by atoms with E-state index in [9.17, 15) is 8.42 Å². The molecule has 21 heavy (non-hydrogen) atoms. The minimum Gasteiger partial charge on any atom is -0.492 e. The van der Waals surface area contributed by atoms with E-state index in [2.05, 4.69) is 11.6 Å². The lowest BCUT2D eigenvalue weighted by atomic mass is 9.87. The highest BCUT2D eigenvalue weighted by molar-refractivity contribution is 7.89. The lowest BCUT2D eigenvalue weighted by Crippen LogP contribution is -2.42. The molecular weight excluding hydrogens is 288 g/mol. The minimum atomic E-state index is -3.30. The van der Waals surface area contributed by atoms with Crippen LogP contribution in [0.15, 0.2) is 24.3 Å². The van der Waals surface area contributed by atoms with E-state index in [1.165, 1.54) is 6.42 Å². The van der Waals surface area contributed by atoms with Crippen LogP contribution < -0.4 is 15.2 Å². The Morgan fingerprint density at radius 3 is 2.81 bits per heavy atom. The van der Waals surface area contributed by atoms with Gasteiger partial charge in [0.15, 0.2) is 0 Å². The van der Waals surface area contributed by atoms with Gasteiger partial charge in [0.05, 0.1) is 5.75 Å². The Morgan fingerprint density at radius 2 is 2.10 bits per heavy atom. The molecule has 0 saturated heterocycles. The van der Waals surface area contributed by atoms with Crippen molar-refractivity contribution in [2.75, 3.05) is 18.1 Å². The van der Waals surface area contributed by atoms with Gasteiger partial charge in [0.25, 0.3) is 0 Å². The summed E-state index contributed by atoms with van der Waals surface area (Å²) >= 11 is 0. The number of nitrogens with two attached hydrogens (primary N) is 1. The van der Waals surface area contributed by atoms with Gasteiger partial charge in [-0.05, 0) is 30.9 Å². The molecule has 6 heteroatoms. The normalized spacial score (nSPS) is 22.9. The van der Waals surface area contributed by atoms with Crippen LogP contribution in [0.5, 0.6) is 5.75 Å². The third-order valence-corrected chi connectivity index (χ3v) is 5.29. The van der Waals surface area contributed by atoms with E-state index in [1.807, 2.05) is 0 Å². The molecule has 1 aromatic carbocycles. The van der Waals surface area contributed by atoms with Gasteiger partial charge in [-0.1, -0.05) is 25.8 Å². The number of hydrogen-bond acceptors (Lipinski definition) is 4. The van der Waals surface area contributed by atoms with Crippen molar-refractivity contribution >= 4 is 15.7 Å². The smallest absolute Gasteiger partial charge is 0.215 e. The highest BCUT2D eigenvalue weighted by atomic mass is 32.2. The molecule has 5 nitrogen and oxygen atoms in total. The van der Waals surface area contributed by atoms with Gasteiger partial charge in [0.1, 0.15) is 12.4 Å². The lowest BCUT2D eigenvalue weighted by molar-refractivity contribution is 0.307. The first-order chi connectivity index (χ1) is 9.96. The number of sulfonamides is 1. The second-order valence-electron chi connectivity index (χ2n) is 5.73. The zero-order valence-electron chi connectivity index (χ0n) is 12.4. The second-order valence-corrected chi connectivity index (χ2v) is 7.60. The van der Waals surface area contributed by atoms with Crippen molar-refractivity contribution in [3.8, 4) is 5.75 Å². The van der Waals surface area contributed by atoms with Gasteiger partial charge in [0, 0.05) is 17.8 Å². The van der Waals surface area contributed by atoms with Crippen LogP contribution in [-0.2, 0) is 10.0 Å². The Balaban J connectivity index is 1.81. The molecule has 1 aromatic rings. The van der Waals surface area contributed by atoms with Crippen LogP contribution >= 0.6 is 0 Å². The van der Waals surface area contributed by atoms with Crippen molar-refractivity contribution in [1.29, 1.82) is 0 Å². The average molecular weight is 312 g/mol. The molecule has 1 aliphatic rings. The molecule has 0 heterocycles. The number of ether oxygens (including phenoxy) is 1. The molecule has 0 radical (unpaired) electrons. The number of hydrogen-bond donors (Lipinski definition) is 2. The maximum atomic E-state index is 12.1. The third-order valence-electron chi connectivity index (χ3n) is 3.92. The average Bonchev–Trinajstić information content (AvgIpc) is 2.41. The van der Waals surface area contributed by atoms with Crippen LogP contribution in [0.3, 0.4) is 0 Å². The molecule has 2 rings (SSSR count). The zero-order chi connectivity index (χ0) is 15.3. The first-order valence-electron chi connectivity index (χ1n) is 7.44. The standard InChI is InChI=1S/C15H24N2O3S/c1-12-5-2-3-8-15(12)17-21(18,19)10-9-20-14-7-4-6-13(16)11-14/h4,6-7,11-12,15,17H,2-3,5,8-10,16H2,1H3. The van der Waals surface area contributed by atoms with E-state index < -0.39 is 10.0 Å². The van der Waals surface area contributed by atoms with Crippen molar-refractivity contribution < 1.29 is 13.2 Å². The maximum Gasteiger partial charge on any atom is 0.215 e. The predicted molar refractivity (Wildman–Crippen MR) is 84.7 cm³/mol. The Kier molecular flexibility index (Phi) is 5.47. The molecule has 0 amide bonds. The maximum absolute atomic E-state index is 12.1. The van der Waals surface area contributed by atoms with Crippen molar-refractivity contribution in [3.05, 3.63) is 24.3 Å². The van der Waals surface area contributed by atoms with Gasteiger partial charge >= 0.3 is 0 Å². The van der Waals surface area contributed by atoms with Gasteiger partial charge in [0.2, 0.25) is 10.0 Å². The predicted octanol–water partition coefficient (Wildman–Crippen LogP) is 2.15. The van der Waals surface area contributed by atoms with Crippen molar-refractivity contribution in [2.45, 2.75) is 38.6 Å². The number of nitrogens with one attached hydrogen (secondary N) is 1. The molecule has 0 aromatic heterocycles. The van der Waals surface area contributed by atoms with Crippen LogP contribution in [0.1, 0.15) is 32.6 Å². The van der Waals surface area contributed by atoms with Crippen LogP contribution in [0.4, 0.5) is 5.69 Å². The summed E-state index contributed by atoms with van der Waals surface area (Å²) in [6.45, 7) is 2.23. The van der Waals surface area contributed by atoms with Crippen molar-refractivity contribution in [3.63, 3.8) is 0 Å². The van der Waals surface area contributed by atoms with E-state index >= 15 is 0 Å². The highest BCUT2D eigenvalue weighted by Crippen LogP contribution is 2.24. The number of benzene rings is 1. The van der Waals surface area contributed by atoms with E-state index in [1.54, 1.807) is 24.3 Å². The summed E-state index contributed by atoms with van der Waals surface area (Å²) in [4.78, 5) is 0. The summed E-state index contributed by atoms with van der Waals surface area (Å²) in [6, 6.07) is 7.05. The zero-order valence-corrected chi connectivity index (χ0v) is 13.2. The minimum absolute atomic E-state index is 0.0367. The Morgan fingerprint density at radius 1 is 1.33 bits per heavy atom. The van der Waals surface area contributed by atoms with E-state index in [-0.39, 0.29) is 18.4 Å². The van der Waals surface area contributed by atoms with Gasteiger partial charge in [-0.25, -0.2) is 13.1 Å². The van der Waals surface area contributed by atoms with Gasteiger partial charge in [-0.2, -0.15) is 0 Å². The summed E-state index contributed by atoms with van der Waals surface area (Å²) < 4.78 is 32.4. The second kappa shape index (κ2) is 7.13. The SMILES string of the molecule is CC1CCCCC1NS(=O)(=O)CCOc1cccc(N)c1. The first kappa shape index (κ1) is 16.1. The molecule has 3 N–H and O–H groups in total. The van der Waals surface area contributed by atoms with Crippen LogP contribution in [0, 0.1) is 5.92 Å². The highest BCUT2D eigenvalue weighted by Gasteiger charge is 2.25. The molecule has 0 bridgehead atoms. The van der Waals surface area contributed by atoms with Gasteiger partial charge in [-0.15, -0.1) is 0 Å². The van der Waals surface area contributed by atoms with Gasteiger partial charge < -0.3 is 10.5 Å². The Hall–Kier alpha value is -1.27. The number of rotatable bonds is 6. The van der Waals surface area contributed by atoms with Crippen LogP contribution in [0.25, 0.3) is 0 Å². The number of anilines is 1.